The van der Waals surface area contributed by atoms with Crippen molar-refractivity contribution in [2.24, 2.45) is 0 Å². The fourth-order valence-electron chi connectivity index (χ4n) is 2.37. The smallest absolute Gasteiger partial charge is 0.267 e. The fraction of sp³-hybridized carbons (Fsp3) is 0.250. The third-order valence-corrected chi connectivity index (χ3v) is 4.12. The van der Waals surface area contributed by atoms with E-state index in [0.29, 0.717) is 22.2 Å². The zero-order chi connectivity index (χ0) is 17.4. The Morgan fingerprint density at radius 3 is 2.79 bits per heavy atom. The lowest BCUT2D eigenvalue weighted by Gasteiger charge is -2.10. The normalized spacial score (nSPS) is 11.0. The molecule has 8 heteroatoms. The molecule has 1 aromatic carbocycles. The Hall–Kier alpha value is -2.67. The highest BCUT2D eigenvalue weighted by atomic mass is 35.5. The maximum absolute atomic E-state index is 12.5. The molecule has 0 aliphatic carbocycles. The van der Waals surface area contributed by atoms with Gasteiger partial charge in [0.2, 0.25) is 5.91 Å². The molecule has 0 fully saturated rings. The molecule has 2 aromatic heterocycles. The van der Waals surface area contributed by atoms with Crippen molar-refractivity contribution >= 4 is 34.3 Å². The Balaban J connectivity index is 1.89. The van der Waals surface area contributed by atoms with Gasteiger partial charge in [0.15, 0.2) is 0 Å². The molecule has 0 spiro atoms. The number of hydrogen-bond donors (Lipinski definition) is 1. The number of rotatable bonds is 3. The second kappa shape index (κ2) is 6.09. The van der Waals surface area contributed by atoms with Crippen LogP contribution in [0.5, 0.6) is 0 Å². The zero-order valence-corrected chi connectivity index (χ0v) is 14.1. The lowest BCUT2D eigenvalue weighted by Crippen LogP contribution is -2.30. The van der Waals surface area contributed by atoms with Crippen molar-refractivity contribution in [3.05, 3.63) is 50.7 Å². The fourth-order valence-corrected chi connectivity index (χ4v) is 2.55. The van der Waals surface area contributed by atoms with Crippen LogP contribution in [0.15, 0.2) is 27.5 Å². The Morgan fingerprint density at radius 1 is 1.33 bits per heavy atom. The highest BCUT2D eigenvalue weighted by Crippen LogP contribution is 2.20. The van der Waals surface area contributed by atoms with Crippen LogP contribution in [0.4, 0.5) is 5.69 Å². The summed E-state index contributed by atoms with van der Waals surface area (Å²) in [5, 5.41) is 7.30. The summed E-state index contributed by atoms with van der Waals surface area (Å²) in [5.74, 6) is 0.0242. The number of fused-ring (bicyclic) bond motifs is 1. The SMILES string of the molecule is Cc1ccc(NC(=O)Cn2c(C)nc3onc(C)c3c2=O)cc1Cl. The monoisotopic (exact) mass is 346 g/mol. The maximum atomic E-state index is 12.5. The largest absolute Gasteiger partial charge is 0.335 e. The van der Waals surface area contributed by atoms with Gasteiger partial charge in [-0.1, -0.05) is 22.8 Å². The van der Waals surface area contributed by atoms with E-state index < -0.39 is 0 Å². The number of nitrogens with zero attached hydrogens (tertiary/aromatic N) is 3. The molecule has 0 bridgehead atoms. The van der Waals surface area contributed by atoms with E-state index in [2.05, 4.69) is 15.5 Å². The van der Waals surface area contributed by atoms with Crippen LogP contribution in [-0.4, -0.2) is 20.6 Å². The number of carbonyl (C=O) groups is 1. The van der Waals surface area contributed by atoms with Gasteiger partial charge in [-0.25, -0.2) is 0 Å². The van der Waals surface area contributed by atoms with Gasteiger partial charge in [-0.05, 0) is 38.5 Å². The topological polar surface area (TPSA) is 90.0 Å². The van der Waals surface area contributed by atoms with Gasteiger partial charge in [-0.15, -0.1) is 0 Å². The van der Waals surface area contributed by atoms with Crippen LogP contribution in [-0.2, 0) is 11.3 Å². The van der Waals surface area contributed by atoms with Crippen molar-refractivity contribution in [2.45, 2.75) is 27.3 Å². The second-order valence-electron chi connectivity index (χ2n) is 5.51. The van der Waals surface area contributed by atoms with E-state index in [1.807, 2.05) is 13.0 Å². The molecule has 0 atom stereocenters. The molecule has 0 aliphatic rings. The van der Waals surface area contributed by atoms with Gasteiger partial charge in [0.25, 0.3) is 11.3 Å². The van der Waals surface area contributed by atoms with Gasteiger partial charge in [0.1, 0.15) is 17.8 Å². The number of carbonyl (C=O) groups excluding carboxylic acids is 1. The standard InChI is InChI=1S/C16H15ClN4O3/c1-8-4-5-11(6-12(8)17)19-13(22)7-21-10(3)18-15-14(16(21)23)9(2)20-24-15/h4-6H,7H2,1-3H3,(H,19,22). The molecule has 3 aromatic rings. The molecule has 0 saturated heterocycles. The first-order valence-electron chi connectivity index (χ1n) is 7.26. The van der Waals surface area contributed by atoms with E-state index in [4.69, 9.17) is 16.1 Å². The van der Waals surface area contributed by atoms with Gasteiger partial charge in [0, 0.05) is 10.7 Å². The molecule has 0 aliphatic heterocycles. The maximum Gasteiger partial charge on any atom is 0.267 e. The van der Waals surface area contributed by atoms with Crippen LogP contribution < -0.4 is 10.9 Å². The van der Waals surface area contributed by atoms with Crippen molar-refractivity contribution < 1.29 is 9.32 Å². The number of nitrogens with one attached hydrogen (secondary N) is 1. The minimum absolute atomic E-state index is 0.163. The molecule has 124 valence electrons. The molecule has 0 saturated carbocycles. The number of amides is 1. The molecule has 1 amide bonds. The lowest BCUT2D eigenvalue weighted by molar-refractivity contribution is -0.116. The number of anilines is 1. The van der Waals surface area contributed by atoms with Crippen LogP contribution in [0, 0.1) is 20.8 Å². The molecule has 24 heavy (non-hydrogen) atoms. The Labute approximate surface area is 142 Å². The summed E-state index contributed by atoms with van der Waals surface area (Å²) in [4.78, 5) is 29.0. The van der Waals surface area contributed by atoms with Gasteiger partial charge >= 0.3 is 0 Å². The molecule has 7 nitrogen and oxygen atoms in total. The van der Waals surface area contributed by atoms with E-state index in [1.165, 1.54) is 4.57 Å². The van der Waals surface area contributed by atoms with E-state index in [9.17, 15) is 9.59 Å². The van der Waals surface area contributed by atoms with Gasteiger partial charge in [-0.2, -0.15) is 4.98 Å². The van der Waals surface area contributed by atoms with Crippen molar-refractivity contribution in [2.75, 3.05) is 5.32 Å². The molecule has 1 N–H and O–H groups in total. The van der Waals surface area contributed by atoms with Crippen molar-refractivity contribution in [1.82, 2.24) is 14.7 Å². The molecule has 3 rings (SSSR count). The van der Waals surface area contributed by atoms with Crippen LogP contribution in [0.2, 0.25) is 5.02 Å². The average molecular weight is 347 g/mol. The van der Waals surface area contributed by atoms with Gasteiger partial charge in [0.05, 0.1) is 5.69 Å². The Bertz CT molecular complexity index is 1010. The number of halogens is 1. The molecular weight excluding hydrogens is 332 g/mol. The summed E-state index contributed by atoms with van der Waals surface area (Å²) in [5.41, 5.74) is 1.75. The van der Waals surface area contributed by atoms with Crippen LogP contribution in [0.25, 0.3) is 11.1 Å². The predicted molar refractivity (Wildman–Crippen MR) is 90.4 cm³/mol. The van der Waals surface area contributed by atoms with Crippen LogP contribution in [0.1, 0.15) is 17.1 Å². The van der Waals surface area contributed by atoms with Crippen molar-refractivity contribution in [3.63, 3.8) is 0 Å². The first-order valence-corrected chi connectivity index (χ1v) is 7.64. The molecule has 0 radical (unpaired) electrons. The summed E-state index contributed by atoms with van der Waals surface area (Å²) in [7, 11) is 0. The van der Waals surface area contributed by atoms with Crippen LogP contribution >= 0.6 is 11.6 Å². The van der Waals surface area contributed by atoms with E-state index in [-0.39, 0.29) is 29.1 Å². The van der Waals surface area contributed by atoms with Crippen LogP contribution in [0.3, 0.4) is 0 Å². The van der Waals surface area contributed by atoms with Gasteiger partial charge < -0.3 is 9.84 Å². The first-order chi connectivity index (χ1) is 11.4. The Morgan fingerprint density at radius 2 is 2.08 bits per heavy atom. The van der Waals surface area contributed by atoms with E-state index in [0.717, 1.165) is 5.56 Å². The number of aromatic nitrogens is 3. The zero-order valence-electron chi connectivity index (χ0n) is 13.4. The highest BCUT2D eigenvalue weighted by Gasteiger charge is 2.16. The minimum Gasteiger partial charge on any atom is -0.335 e. The van der Waals surface area contributed by atoms with Crippen molar-refractivity contribution in [3.8, 4) is 0 Å². The van der Waals surface area contributed by atoms with Gasteiger partial charge in [-0.3, -0.25) is 14.2 Å². The molecular formula is C16H15ClN4O3. The quantitative estimate of drug-likeness (QED) is 0.787. The minimum atomic E-state index is -0.353. The average Bonchev–Trinajstić information content (AvgIpc) is 2.88. The highest BCUT2D eigenvalue weighted by molar-refractivity contribution is 6.31. The lowest BCUT2D eigenvalue weighted by atomic mass is 10.2. The summed E-state index contributed by atoms with van der Waals surface area (Å²) in [6.07, 6.45) is 0. The third-order valence-electron chi connectivity index (χ3n) is 3.72. The number of benzene rings is 1. The Kier molecular flexibility index (Phi) is 4.11. The molecule has 2 heterocycles. The summed E-state index contributed by atoms with van der Waals surface area (Å²) in [6, 6.07) is 5.22. The summed E-state index contributed by atoms with van der Waals surface area (Å²) in [6.45, 7) is 5.00. The first kappa shape index (κ1) is 16.2. The van der Waals surface area contributed by atoms with E-state index >= 15 is 0 Å². The summed E-state index contributed by atoms with van der Waals surface area (Å²) >= 11 is 6.04. The predicted octanol–water partition coefficient (Wildman–Crippen LogP) is 2.60. The molecule has 0 unspecified atom stereocenters. The third kappa shape index (κ3) is 2.90. The summed E-state index contributed by atoms with van der Waals surface area (Å²) < 4.78 is 6.29. The number of hydrogen-bond acceptors (Lipinski definition) is 5. The number of aryl methyl sites for hydroxylation is 3. The van der Waals surface area contributed by atoms with E-state index in [1.54, 1.807) is 26.0 Å². The van der Waals surface area contributed by atoms with Crippen molar-refractivity contribution in [1.29, 1.82) is 0 Å². The second-order valence-corrected chi connectivity index (χ2v) is 5.92.